The van der Waals surface area contributed by atoms with E-state index in [1.165, 1.54) is 33.6 Å². The number of aryl methyl sites for hydroxylation is 2. The van der Waals surface area contributed by atoms with Gasteiger partial charge in [-0.05, 0) is 61.9 Å². The van der Waals surface area contributed by atoms with Crippen LogP contribution in [0.3, 0.4) is 0 Å². The molecule has 1 aliphatic rings. The number of anilines is 1. The standard InChI is InChI=1S/C21H24BrN3OS2/c1-2-14(11-26)23-20-19-16-5-3-4-6-17(16)28-21(19)25-18(24-20)12-27-15-9-7-13(22)8-10-15/h7-10,14,26H,2-6,11-12H2,1H3,(H,23,24,25). The topological polar surface area (TPSA) is 58.0 Å². The van der Waals surface area contributed by atoms with Gasteiger partial charge in [0.1, 0.15) is 16.5 Å². The summed E-state index contributed by atoms with van der Waals surface area (Å²) in [5, 5.41) is 14.4. The Morgan fingerprint density at radius 2 is 2.00 bits per heavy atom. The fourth-order valence-electron chi connectivity index (χ4n) is 3.52. The number of aliphatic hydroxyl groups excluding tert-OH is 1. The van der Waals surface area contributed by atoms with Gasteiger partial charge >= 0.3 is 0 Å². The van der Waals surface area contributed by atoms with Crippen LogP contribution in [0.4, 0.5) is 5.82 Å². The minimum Gasteiger partial charge on any atom is -0.394 e. The molecule has 0 spiro atoms. The molecule has 2 heterocycles. The van der Waals surface area contributed by atoms with Crippen LogP contribution in [0.1, 0.15) is 42.5 Å². The largest absolute Gasteiger partial charge is 0.394 e. The van der Waals surface area contributed by atoms with Crippen molar-refractivity contribution in [3.63, 3.8) is 0 Å². The maximum absolute atomic E-state index is 9.68. The Kier molecular flexibility index (Phi) is 6.55. The van der Waals surface area contributed by atoms with Crippen LogP contribution in [-0.4, -0.2) is 27.7 Å². The molecule has 0 aliphatic heterocycles. The molecule has 148 valence electrons. The third kappa shape index (κ3) is 4.37. The Balaban J connectivity index is 1.67. The van der Waals surface area contributed by atoms with Gasteiger partial charge in [0, 0.05) is 14.2 Å². The lowest BCUT2D eigenvalue weighted by molar-refractivity contribution is 0.271. The summed E-state index contributed by atoms with van der Waals surface area (Å²) < 4.78 is 1.08. The van der Waals surface area contributed by atoms with Gasteiger partial charge in [-0.3, -0.25) is 0 Å². The number of thiophene rings is 1. The average Bonchev–Trinajstić information content (AvgIpc) is 3.10. The minimum absolute atomic E-state index is 0.0178. The van der Waals surface area contributed by atoms with E-state index in [0.29, 0.717) is 0 Å². The number of rotatable bonds is 7. The molecule has 2 aromatic heterocycles. The highest BCUT2D eigenvalue weighted by Gasteiger charge is 2.22. The van der Waals surface area contributed by atoms with Gasteiger partial charge in [0.15, 0.2) is 0 Å². The van der Waals surface area contributed by atoms with Gasteiger partial charge in [0.05, 0.1) is 23.8 Å². The predicted octanol–water partition coefficient (Wildman–Crippen LogP) is 5.81. The molecule has 1 aliphatic carbocycles. The molecule has 28 heavy (non-hydrogen) atoms. The van der Waals surface area contributed by atoms with Crippen molar-refractivity contribution in [2.45, 2.75) is 55.7 Å². The SMILES string of the molecule is CCC(CO)Nc1nc(CSc2ccc(Br)cc2)nc2sc3c(c12)CCCC3. The van der Waals surface area contributed by atoms with Crippen LogP contribution in [0.5, 0.6) is 0 Å². The zero-order valence-electron chi connectivity index (χ0n) is 15.9. The molecule has 0 radical (unpaired) electrons. The van der Waals surface area contributed by atoms with E-state index in [2.05, 4.69) is 52.4 Å². The number of nitrogens with one attached hydrogen (secondary N) is 1. The average molecular weight is 478 g/mol. The van der Waals surface area contributed by atoms with E-state index in [4.69, 9.17) is 9.97 Å². The van der Waals surface area contributed by atoms with Gasteiger partial charge < -0.3 is 10.4 Å². The Hall–Kier alpha value is -1.15. The van der Waals surface area contributed by atoms with Crippen molar-refractivity contribution in [2.24, 2.45) is 0 Å². The zero-order chi connectivity index (χ0) is 19.5. The number of nitrogens with zero attached hydrogens (tertiary/aromatic N) is 2. The second-order valence-corrected chi connectivity index (χ2v) is 10.1. The second-order valence-electron chi connectivity index (χ2n) is 7.05. The van der Waals surface area contributed by atoms with Crippen LogP contribution in [0.2, 0.25) is 0 Å². The van der Waals surface area contributed by atoms with E-state index in [0.717, 1.165) is 46.0 Å². The summed E-state index contributed by atoms with van der Waals surface area (Å²) in [5.41, 5.74) is 1.42. The van der Waals surface area contributed by atoms with Crippen LogP contribution >= 0.6 is 39.0 Å². The number of fused-ring (bicyclic) bond motifs is 3. The van der Waals surface area contributed by atoms with Gasteiger partial charge in [0.25, 0.3) is 0 Å². The van der Waals surface area contributed by atoms with E-state index >= 15 is 0 Å². The fraction of sp³-hybridized carbons (Fsp3) is 0.429. The smallest absolute Gasteiger partial charge is 0.142 e. The van der Waals surface area contributed by atoms with Gasteiger partial charge in [-0.1, -0.05) is 22.9 Å². The molecule has 4 rings (SSSR count). The highest BCUT2D eigenvalue weighted by atomic mass is 79.9. The quantitative estimate of drug-likeness (QED) is 0.420. The summed E-state index contributed by atoms with van der Waals surface area (Å²) >= 11 is 7.05. The van der Waals surface area contributed by atoms with Crippen molar-refractivity contribution in [3.8, 4) is 0 Å². The molecule has 0 fully saturated rings. The van der Waals surface area contributed by atoms with Gasteiger partial charge in [-0.25, -0.2) is 9.97 Å². The maximum atomic E-state index is 9.68. The summed E-state index contributed by atoms with van der Waals surface area (Å²) in [4.78, 5) is 13.6. The third-order valence-electron chi connectivity index (χ3n) is 5.10. The summed E-state index contributed by atoms with van der Waals surface area (Å²) in [7, 11) is 0. The van der Waals surface area contributed by atoms with Gasteiger partial charge in [-0.2, -0.15) is 0 Å². The lowest BCUT2D eigenvalue weighted by Crippen LogP contribution is -2.23. The first kappa shape index (κ1) is 20.1. The second kappa shape index (κ2) is 9.11. The summed E-state index contributed by atoms with van der Waals surface area (Å²) in [6, 6.07) is 8.34. The maximum Gasteiger partial charge on any atom is 0.142 e. The number of hydrogen-bond donors (Lipinski definition) is 2. The first-order chi connectivity index (χ1) is 13.7. The first-order valence-corrected chi connectivity index (χ1v) is 12.3. The van der Waals surface area contributed by atoms with Crippen LogP contribution in [0.15, 0.2) is 33.6 Å². The van der Waals surface area contributed by atoms with Crippen molar-refractivity contribution in [1.29, 1.82) is 0 Å². The number of halogens is 1. The third-order valence-corrected chi connectivity index (χ3v) is 7.82. The molecule has 4 nitrogen and oxygen atoms in total. The first-order valence-electron chi connectivity index (χ1n) is 9.74. The highest BCUT2D eigenvalue weighted by molar-refractivity contribution is 9.10. The van der Waals surface area contributed by atoms with Crippen molar-refractivity contribution in [2.75, 3.05) is 11.9 Å². The lowest BCUT2D eigenvalue weighted by atomic mass is 9.97. The summed E-state index contributed by atoms with van der Waals surface area (Å²) in [6.45, 7) is 2.19. The van der Waals surface area contributed by atoms with Crippen molar-refractivity contribution in [3.05, 3.63) is 45.0 Å². The number of aromatic nitrogens is 2. The van der Waals surface area contributed by atoms with Crippen molar-refractivity contribution in [1.82, 2.24) is 9.97 Å². The summed E-state index contributed by atoms with van der Waals surface area (Å²) in [5.74, 6) is 2.47. The van der Waals surface area contributed by atoms with Gasteiger partial charge in [-0.15, -0.1) is 23.1 Å². The number of thioether (sulfide) groups is 1. The minimum atomic E-state index is 0.0178. The summed E-state index contributed by atoms with van der Waals surface area (Å²) in [6.07, 6.45) is 5.61. The molecule has 3 aromatic rings. The van der Waals surface area contributed by atoms with Crippen molar-refractivity contribution >= 4 is 55.1 Å². The molecule has 2 N–H and O–H groups in total. The Bertz CT molecular complexity index is 954. The van der Waals surface area contributed by atoms with E-state index in [1.54, 1.807) is 11.8 Å². The zero-order valence-corrected chi connectivity index (χ0v) is 19.1. The van der Waals surface area contributed by atoms with E-state index in [-0.39, 0.29) is 12.6 Å². The van der Waals surface area contributed by atoms with Crippen molar-refractivity contribution < 1.29 is 5.11 Å². The highest BCUT2D eigenvalue weighted by Crippen LogP contribution is 2.39. The molecule has 0 saturated carbocycles. The van der Waals surface area contributed by atoms with E-state index in [9.17, 15) is 5.11 Å². The molecule has 1 unspecified atom stereocenters. The molecule has 1 aromatic carbocycles. The van der Waals surface area contributed by atoms with Crippen LogP contribution in [0, 0.1) is 0 Å². The van der Waals surface area contributed by atoms with Gasteiger partial charge in [0.2, 0.25) is 0 Å². The number of aliphatic hydroxyl groups is 1. The van der Waals surface area contributed by atoms with Crippen LogP contribution in [0.25, 0.3) is 10.2 Å². The van der Waals surface area contributed by atoms with Crippen LogP contribution < -0.4 is 5.32 Å². The normalized spacial score (nSPS) is 14.8. The Morgan fingerprint density at radius 3 is 2.75 bits per heavy atom. The predicted molar refractivity (Wildman–Crippen MR) is 123 cm³/mol. The fourth-order valence-corrected chi connectivity index (χ4v) is 5.82. The Labute approximate surface area is 182 Å². The molecule has 0 bridgehead atoms. The Morgan fingerprint density at radius 1 is 1.21 bits per heavy atom. The molecular formula is C21H24BrN3OS2. The number of hydrogen-bond acceptors (Lipinski definition) is 6. The lowest BCUT2D eigenvalue weighted by Gasteiger charge is -2.18. The van der Waals surface area contributed by atoms with E-state index in [1.807, 2.05) is 11.3 Å². The molecular weight excluding hydrogens is 454 g/mol. The number of benzene rings is 1. The van der Waals surface area contributed by atoms with E-state index < -0.39 is 0 Å². The molecule has 7 heteroatoms. The van der Waals surface area contributed by atoms with Crippen LogP contribution in [-0.2, 0) is 18.6 Å². The molecule has 0 saturated heterocycles. The monoisotopic (exact) mass is 477 g/mol. The molecule has 1 atom stereocenters. The molecule has 0 amide bonds.